The second-order valence-corrected chi connectivity index (χ2v) is 5.65. The molecule has 0 fully saturated rings. The Labute approximate surface area is 138 Å². The predicted octanol–water partition coefficient (Wildman–Crippen LogP) is 3.45. The second kappa shape index (κ2) is 7.49. The van der Waals surface area contributed by atoms with E-state index in [1.807, 2.05) is 30.3 Å². The van der Waals surface area contributed by atoms with Crippen molar-refractivity contribution in [2.24, 2.45) is 5.73 Å². The molecule has 0 aromatic heterocycles. The lowest BCUT2D eigenvalue weighted by Gasteiger charge is -2.18. The number of hydrogen-bond donors (Lipinski definition) is 2. The minimum absolute atomic E-state index is 0.341. The van der Waals surface area contributed by atoms with E-state index in [0.29, 0.717) is 12.0 Å². The van der Waals surface area contributed by atoms with Crippen molar-refractivity contribution in [3.63, 3.8) is 0 Å². The van der Waals surface area contributed by atoms with Crippen LogP contribution in [0.5, 0.6) is 0 Å². The summed E-state index contributed by atoms with van der Waals surface area (Å²) in [4.78, 5) is 12.1. The Morgan fingerprint density at radius 3 is 2.21 bits per heavy atom. The van der Waals surface area contributed by atoms with Gasteiger partial charge in [-0.25, -0.2) is 0 Å². The standard InChI is InChI=1S/C18H19F3N2O/c1-12(14-7-9-15(10-8-14)18(19,20)21)23-17(24)16(22)11-13-5-3-2-4-6-13/h2-10,12,16H,11,22H2,1H3,(H,23,24). The maximum atomic E-state index is 12.6. The zero-order chi connectivity index (χ0) is 17.7. The molecule has 0 saturated carbocycles. The molecule has 0 spiro atoms. The van der Waals surface area contributed by atoms with Crippen molar-refractivity contribution in [1.82, 2.24) is 5.32 Å². The molecule has 2 unspecified atom stereocenters. The quantitative estimate of drug-likeness (QED) is 0.879. The van der Waals surface area contributed by atoms with Crippen LogP contribution in [0.4, 0.5) is 13.2 Å². The molecule has 24 heavy (non-hydrogen) atoms. The van der Waals surface area contributed by atoms with Gasteiger partial charge in [0.25, 0.3) is 0 Å². The van der Waals surface area contributed by atoms with Gasteiger partial charge in [-0.2, -0.15) is 13.2 Å². The number of halogens is 3. The zero-order valence-electron chi connectivity index (χ0n) is 13.2. The molecule has 0 aliphatic heterocycles. The van der Waals surface area contributed by atoms with Gasteiger partial charge in [0.2, 0.25) is 5.91 Å². The van der Waals surface area contributed by atoms with E-state index in [1.54, 1.807) is 6.92 Å². The summed E-state index contributed by atoms with van der Waals surface area (Å²) in [7, 11) is 0. The molecule has 0 bridgehead atoms. The molecule has 3 N–H and O–H groups in total. The molecule has 2 rings (SSSR count). The van der Waals surface area contributed by atoms with Gasteiger partial charge in [-0.1, -0.05) is 42.5 Å². The van der Waals surface area contributed by atoms with Gasteiger partial charge >= 0.3 is 6.18 Å². The first-order valence-corrected chi connectivity index (χ1v) is 7.54. The van der Waals surface area contributed by atoms with Crippen LogP contribution in [0.25, 0.3) is 0 Å². The number of rotatable bonds is 5. The third-order valence-electron chi connectivity index (χ3n) is 3.73. The number of nitrogens with one attached hydrogen (secondary N) is 1. The summed E-state index contributed by atoms with van der Waals surface area (Å²) in [6.45, 7) is 1.70. The summed E-state index contributed by atoms with van der Waals surface area (Å²) >= 11 is 0. The van der Waals surface area contributed by atoms with Crippen LogP contribution in [0.3, 0.4) is 0 Å². The van der Waals surface area contributed by atoms with Crippen LogP contribution in [0, 0.1) is 0 Å². The largest absolute Gasteiger partial charge is 0.416 e. The fourth-order valence-corrected chi connectivity index (χ4v) is 2.33. The van der Waals surface area contributed by atoms with Crippen LogP contribution in [0.15, 0.2) is 54.6 Å². The summed E-state index contributed by atoms with van der Waals surface area (Å²) in [5.41, 5.74) is 6.71. The van der Waals surface area contributed by atoms with Gasteiger partial charge < -0.3 is 11.1 Å². The van der Waals surface area contributed by atoms with Crippen LogP contribution >= 0.6 is 0 Å². The first kappa shape index (κ1) is 18.0. The minimum Gasteiger partial charge on any atom is -0.348 e. The number of hydrogen-bond acceptors (Lipinski definition) is 2. The Kier molecular flexibility index (Phi) is 5.62. The Morgan fingerprint density at radius 2 is 1.67 bits per heavy atom. The molecule has 2 aromatic carbocycles. The van der Waals surface area contributed by atoms with Crippen LogP contribution in [-0.2, 0) is 17.4 Å². The van der Waals surface area contributed by atoms with Crippen molar-refractivity contribution < 1.29 is 18.0 Å². The number of amides is 1. The second-order valence-electron chi connectivity index (χ2n) is 5.65. The van der Waals surface area contributed by atoms with E-state index in [4.69, 9.17) is 5.73 Å². The molecule has 128 valence electrons. The summed E-state index contributed by atoms with van der Waals surface area (Å²) in [6.07, 6.45) is -3.98. The molecule has 3 nitrogen and oxygen atoms in total. The molecule has 2 atom stereocenters. The minimum atomic E-state index is -4.37. The average molecular weight is 336 g/mol. The van der Waals surface area contributed by atoms with E-state index >= 15 is 0 Å². The smallest absolute Gasteiger partial charge is 0.348 e. The summed E-state index contributed by atoms with van der Waals surface area (Å²) in [6, 6.07) is 12.9. The van der Waals surface area contributed by atoms with Gasteiger partial charge in [0.1, 0.15) is 0 Å². The van der Waals surface area contributed by atoms with Crippen LogP contribution in [-0.4, -0.2) is 11.9 Å². The zero-order valence-corrected chi connectivity index (χ0v) is 13.2. The summed E-state index contributed by atoms with van der Waals surface area (Å²) < 4.78 is 37.7. The molecule has 0 saturated heterocycles. The van der Waals surface area contributed by atoms with E-state index in [1.165, 1.54) is 12.1 Å². The fraction of sp³-hybridized carbons (Fsp3) is 0.278. The molecule has 0 radical (unpaired) electrons. The molecule has 0 aliphatic carbocycles. The van der Waals surface area contributed by atoms with E-state index in [2.05, 4.69) is 5.32 Å². The van der Waals surface area contributed by atoms with Crippen LogP contribution in [0.1, 0.15) is 29.7 Å². The van der Waals surface area contributed by atoms with Gasteiger partial charge in [0.15, 0.2) is 0 Å². The number of carbonyl (C=O) groups excluding carboxylic acids is 1. The summed E-state index contributed by atoms with van der Waals surface area (Å²) in [5.74, 6) is -0.341. The topological polar surface area (TPSA) is 55.1 Å². The highest BCUT2D eigenvalue weighted by molar-refractivity contribution is 5.82. The third kappa shape index (κ3) is 4.83. The van der Waals surface area contributed by atoms with Crippen molar-refractivity contribution in [3.8, 4) is 0 Å². The average Bonchev–Trinajstić information content (AvgIpc) is 2.55. The number of nitrogens with two attached hydrogens (primary N) is 1. The number of benzene rings is 2. The fourth-order valence-electron chi connectivity index (χ4n) is 2.33. The summed E-state index contributed by atoms with van der Waals surface area (Å²) in [5, 5.41) is 2.73. The van der Waals surface area contributed by atoms with Gasteiger partial charge in [0, 0.05) is 0 Å². The van der Waals surface area contributed by atoms with Crippen LogP contribution in [0.2, 0.25) is 0 Å². The Morgan fingerprint density at radius 1 is 1.08 bits per heavy atom. The monoisotopic (exact) mass is 336 g/mol. The highest BCUT2D eigenvalue weighted by Crippen LogP contribution is 2.29. The van der Waals surface area contributed by atoms with E-state index in [0.717, 1.165) is 17.7 Å². The van der Waals surface area contributed by atoms with Crippen LogP contribution < -0.4 is 11.1 Å². The lowest BCUT2D eigenvalue weighted by atomic mass is 10.0. The Bertz CT molecular complexity index is 669. The maximum absolute atomic E-state index is 12.6. The lowest BCUT2D eigenvalue weighted by Crippen LogP contribution is -2.42. The van der Waals surface area contributed by atoms with E-state index < -0.39 is 23.8 Å². The molecule has 2 aromatic rings. The van der Waals surface area contributed by atoms with E-state index in [-0.39, 0.29) is 5.91 Å². The SMILES string of the molecule is CC(NC(=O)C(N)Cc1ccccc1)c1ccc(C(F)(F)F)cc1. The molecular weight excluding hydrogens is 317 g/mol. The number of alkyl halides is 3. The van der Waals surface area contributed by atoms with Gasteiger partial charge in [-0.3, -0.25) is 4.79 Å². The lowest BCUT2D eigenvalue weighted by molar-refractivity contribution is -0.137. The third-order valence-corrected chi connectivity index (χ3v) is 3.73. The van der Waals surface area contributed by atoms with Crippen molar-refractivity contribution in [3.05, 3.63) is 71.3 Å². The molecular formula is C18H19F3N2O. The Balaban J connectivity index is 1.95. The molecule has 6 heteroatoms. The number of carbonyl (C=O) groups is 1. The highest BCUT2D eigenvalue weighted by atomic mass is 19.4. The van der Waals surface area contributed by atoms with Crippen molar-refractivity contribution in [1.29, 1.82) is 0 Å². The van der Waals surface area contributed by atoms with Gasteiger partial charge in [-0.05, 0) is 36.6 Å². The maximum Gasteiger partial charge on any atom is 0.416 e. The van der Waals surface area contributed by atoms with Gasteiger partial charge in [0.05, 0.1) is 17.6 Å². The van der Waals surface area contributed by atoms with Gasteiger partial charge in [-0.15, -0.1) is 0 Å². The van der Waals surface area contributed by atoms with E-state index in [9.17, 15) is 18.0 Å². The molecule has 1 amide bonds. The first-order valence-electron chi connectivity index (χ1n) is 7.54. The molecule has 0 heterocycles. The van der Waals surface area contributed by atoms with Crippen molar-refractivity contribution in [2.45, 2.75) is 31.6 Å². The van der Waals surface area contributed by atoms with Crippen molar-refractivity contribution >= 4 is 5.91 Å². The normalized spacial score (nSPS) is 14.0. The highest BCUT2D eigenvalue weighted by Gasteiger charge is 2.30. The first-order chi connectivity index (χ1) is 11.3. The molecule has 0 aliphatic rings. The predicted molar refractivity (Wildman–Crippen MR) is 86.1 cm³/mol. The van der Waals surface area contributed by atoms with Crippen molar-refractivity contribution in [2.75, 3.05) is 0 Å². The Hall–Kier alpha value is -2.34.